The van der Waals surface area contributed by atoms with Gasteiger partial charge in [-0.15, -0.1) is 11.8 Å². The molecule has 0 aromatic heterocycles. The zero-order valence-corrected chi connectivity index (χ0v) is 59.8. The molecule has 0 aliphatic carbocycles. The third-order valence-electron chi connectivity index (χ3n) is 16.8. The fourth-order valence-corrected chi connectivity index (χ4v) is 11.4. The minimum atomic E-state index is -1.66. The summed E-state index contributed by atoms with van der Waals surface area (Å²) in [5.41, 5.74) is -1.46. The van der Waals surface area contributed by atoms with Crippen molar-refractivity contribution >= 4 is 76.7 Å². The third kappa shape index (κ3) is 22.6. The molecular formula is C65H115N11O13S. The van der Waals surface area contributed by atoms with Gasteiger partial charge in [0.15, 0.2) is 0 Å². The number of allylic oxidation sites excluding steroid dienone is 2. The molecule has 0 aromatic rings. The smallest absolute Gasteiger partial charge is 0.270 e. The van der Waals surface area contributed by atoms with Gasteiger partial charge in [0.05, 0.1) is 17.6 Å². The second-order valence-electron chi connectivity index (χ2n) is 27.0. The first-order valence-corrected chi connectivity index (χ1v) is 33.1. The van der Waals surface area contributed by atoms with Gasteiger partial charge in [-0.25, -0.2) is 0 Å². The molecule has 1 heterocycles. The molecule has 24 nitrogen and oxygen atoms in total. The van der Waals surface area contributed by atoms with E-state index in [-0.39, 0.29) is 62.2 Å². The quantitative estimate of drug-likeness (QED) is 0.0729. The fraction of sp³-hybridized carbons (Fsp3) is 0.769. The predicted octanol–water partition coefficient (Wildman–Crippen LogP) is 4.24. The Hall–Kier alpha value is -6.08. The van der Waals surface area contributed by atoms with Crippen molar-refractivity contribution in [3.8, 4) is 0 Å². The molecule has 1 rings (SSSR count). The molecular weight excluding hydrogens is 1170 g/mol. The average Bonchev–Trinajstić information content (AvgIpc) is 1.17. The number of aliphatic hydroxyl groups excluding tert-OH is 1. The maximum atomic E-state index is 15.2. The van der Waals surface area contributed by atoms with Crippen LogP contribution in [-0.2, 0) is 57.5 Å². The summed E-state index contributed by atoms with van der Waals surface area (Å²) in [6.07, 6.45) is 4.38. The van der Waals surface area contributed by atoms with E-state index in [1.807, 2.05) is 47.8 Å². The van der Waals surface area contributed by atoms with Crippen LogP contribution in [0.3, 0.4) is 0 Å². The lowest BCUT2D eigenvalue weighted by molar-refractivity contribution is -0.157. The highest BCUT2D eigenvalue weighted by molar-refractivity contribution is 7.98. The summed E-state index contributed by atoms with van der Waals surface area (Å²) in [6.45, 7) is 33.4. The Morgan fingerprint density at radius 1 is 0.556 bits per heavy atom. The van der Waals surface area contributed by atoms with Gasteiger partial charge in [0.2, 0.25) is 59.1 Å². The van der Waals surface area contributed by atoms with Crippen LogP contribution in [0.4, 0.5) is 0 Å². The first kappa shape index (κ1) is 81.9. The van der Waals surface area contributed by atoms with E-state index < -0.39 is 161 Å². The molecule has 0 saturated carbocycles. The summed E-state index contributed by atoms with van der Waals surface area (Å²) < 4.78 is 6.12. The highest BCUT2D eigenvalue weighted by Crippen LogP contribution is 2.27. The normalized spacial score (nSPS) is 26.2. The number of nitrogens with zero attached hydrogens (tertiary/aromatic N) is 7. The van der Waals surface area contributed by atoms with Crippen LogP contribution < -0.4 is 21.3 Å². The molecule has 12 atom stereocenters. The molecule has 0 unspecified atom stereocenters. The highest BCUT2D eigenvalue weighted by atomic mass is 32.2. The molecule has 1 saturated heterocycles. The molecule has 25 heteroatoms. The van der Waals surface area contributed by atoms with Crippen LogP contribution in [0, 0.1) is 35.5 Å². The third-order valence-corrected chi connectivity index (χ3v) is 17.1. The van der Waals surface area contributed by atoms with Gasteiger partial charge in [-0.3, -0.25) is 52.7 Å². The topological polar surface area (TPSA) is 288 Å². The Balaban J connectivity index is 4.46. The molecule has 90 heavy (non-hydrogen) atoms. The zero-order chi connectivity index (χ0) is 69.9. The first-order chi connectivity index (χ1) is 41.5. The van der Waals surface area contributed by atoms with Crippen LogP contribution in [0.25, 0.3) is 0 Å². The number of thioether (sulfide) groups is 1. The molecule has 1 fully saturated rings. The number of likely N-dealkylation sites (N-methyl/N-ethyl adjacent to an activating group) is 7. The van der Waals surface area contributed by atoms with E-state index in [9.17, 15) is 43.5 Å². The number of carbonyl (C=O) groups excluding carboxylic acids is 11. The van der Waals surface area contributed by atoms with Gasteiger partial charge in [-0.05, 0) is 108 Å². The first-order valence-electron chi connectivity index (χ1n) is 31.7. The molecule has 5 N–H and O–H groups in total. The second kappa shape index (κ2) is 36.8. The van der Waals surface area contributed by atoms with Crippen molar-refractivity contribution in [2.24, 2.45) is 35.5 Å². The Bertz CT molecular complexity index is 2520. The minimum Gasteiger partial charge on any atom is -0.390 e. The Kier molecular flexibility index (Phi) is 33.5. The van der Waals surface area contributed by atoms with E-state index in [2.05, 4.69) is 27.8 Å². The molecule has 0 bridgehead atoms. The number of hydrogen-bond acceptors (Lipinski definition) is 14. The maximum Gasteiger partial charge on any atom is 0.270 e. The van der Waals surface area contributed by atoms with E-state index in [1.54, 1.807) is 74.5 Å². The number of aliphatic hydroxyl groups is 1. The van der Waals surface area contributed by atoms with E-state index in [0.717, 1.165) is 14.7 Å². The van der Waals surface area contributed by atoms with Gasteiger partial charge in [0.1, 0.15) is 66.1 Å². The molecule has 0 radical (unpaired) electrons. The van der Waals surface area contributed by atoms with Crippen LogP contribution in [0.1, 0.15) is 156 Å². The summed E-state index contributed by atoms with van der Waals surface area (Å²) in [7, 11) is 9.69. The maximum absolute atomic E-state index is 15.2. The molecule has 0 spiro atoms. The van der Waals surface area contributed by atoms with Crippen molar-refractivity contribution in [1.82, 2.24) is 55.6 Å². The van der Waals surface area contributed by atoms with Gasteiger partial charge in [-0.1, -0.05) is 102 Å². The Morgan fingerprint density at radius 3 is 1.48 bits per heavy atom. The molecule has 11 amide bonds. The van der Waals surface area contributed by atoms with Crippen molar-refractivity contribution in [2.75, 3.05) is 61.5 Å². The second-order valence-corrected chi connectivity index (χ2v) is 27.9. The van der Waals surface area contributed by atoms with Crippen LogP contribution in [0.15, 0.2) is 24.4 Å². The average molecular weight is 1290 g/mol. The van der Waals surface area contributed by atoms with E-state index in [0.29, 0.717) is 0 Å². The minimum absolute atomic E-state index is 0.0457. The van der Waals surface area contributed by atoms with Gasteiger partial charge >= 0.3 is 0 Å². The Morgan fingerprint density at radius 2 is 1.01 bits per heavy atom. The van der Waals surface area contributed by atoms with Crippen molar-refractivity contribution in [1.29, 1.82) is 0 Å². The van der Waals surface area contributed by atoms with Gasteiger partial charge in [0.25, 0.3) is 5.91 Å². The predicted molar refractivity (Wildman–Crippen MR) is 351 cm³/mol. The highest BCUT2D eigenvalue weighted by Gasteiger charge is 2.46. The number of carbonyl (C=O) groups is 11. The largest absolute Gasteiger partial charge is 0.390 e. The van der Waals surface area contributed by atoms with Crippen molar-refractivity contribution < 1.29 is 62.6 Å². The SMILES string of the molecule is C=C1C(=O)N(C)[C@@H](CC(C)(C)OCSC)C(=O)N[C@@H](C(C)C)C(=O)N(C)[C@@H](CC(C)C)C(=O)N[C@@H](C)C(=O)N[C@H](C)C(=O)N(C)[C@@H](CC(C)C)C(=O)N(C)[C@@H](CC(C)C)C(=O)N(C)[C@@H](C(C)C)C(=O)N(C)[C@@H]([C@H](O)[C@H](C)CC=CC)C(=O)N[C@@H](CC)C(=O)N1C. The number of amides is 11. The van der Waals surface area contributed by atoms with Gasteiger partial charge < -0.3 is 65.4 Å². The summed E-state index contributed by atoms with van der Waals surface area (Å²) in [5.74, 6) is -10.2. The lowest BCUT2D eigenvalue weighted by atomic mass is 9.91. The zero-order valence-electron chi connectivity index (χ0n) is 59.0. The van der Waals surface area contributed by atoms with Gasteiger partial charge in [0, 0.05) is 55.8 Å². The lowest BCUT2D eigenvalue weighted by Gasteiger charge is -2.41. The van der Waals surface area contributed by atoms with Crippen molar-refractivity contribution in [2.45, 2.75) is 228 Å². The summed E-state index contributed by atoms with van der Waals surface area (Å²) in [6, 6.07) is -13.0. The summed E-state index contributed by atoms with van der Waals surface area (Å²) >= 11 is 1.39. The number of hydrogen-bond donors (Lipinski definition) is 5. The summed E-state index contributed by atoms with van der Waals surface area (Å²) in [4.78, 5) is 170. The van der Waals surface area contributed by atoms with Gasteiger partial charge in [-0.2, -0.15) is 0 Å². The van der Waals surface area contributed by atoms with E-state index in [4.69, 9.17) is 4.74 Å². The number of ether oxygens (including phenoxy) is 1. The monoisotopic (exact) mass is 1290 g/mol. The fourth-order valence-electron chi connectivity index (χ4n) is 11.0. The molecule has 1 aliphatic rings. The van der Waals surface area contributed by atoms with E-state index in [1.165, 1.54) is 94.5 Å². The molecule has 0 aromatic carbocycles. The summed E-state index contributed by atoms with van der Waals surface area (Å²) in [5, 5.41) is 23.1. The number of nitrogens with one attached hydrogen (secondary N) is 4. The number of rotatable bonds is 18. The van der Waals surface area contributed by atoms with E-state index >= 15 is 14.4 Å². The lowest BCUT2D eigenvalue weighted by Crippen LogP contribution is -2.63. The van der Waals surface area contributed by atoms with Crippen molar-refractivity contribution in [3.05, 3.63) is 24.4 Å². The Labute approximate surface area is 542 Å². The van der Waals surface area contributed by atoms with Crippen LogP contribution in [0.5, 0.6) is 0 Å². The molecule has 1 aliphatic heterocycles. The van der Waals surface area contributed by atoms with Crippen molar-refractivity contribution in [3.63, 3.8) is 0 Å². The molecule has 514 valence electrons. The standard InChI is InChI=1S/C65H115N11O13S/c1-27-29-30-41(13)53(77)52-57(81)68-45(28-2)60(84)70(19)44(16)59(83)74(23)49(34-65(17,18)89-35-90-26)56(80)69-50(39(9)10)63(87)71(20)46(31-36(3)4)55(79)66-42(14)54(78)67-43(15)58(82)72(21)47(32-37(5)6)61(85)73(22)48(33-38(7)8)62(86)75(24)51(40(11)12)64(88)76(52)25/h27,29,36-43,45-53,77H,16,28,30-35H2,1-15,17-26H3,(H,66,79)(H,67,78)(H,68,81)(H,69,80)/t41-,42+,43-,45+,46+,47+,48+,49+,50+,51+,52+,53-/m1/s1. The van der Waals surface area contributed by atoms with Crippen LogP contribution >= 0.6 is 11.8 Å². The van der Waals surface area contributed by atoms with Crippen LogP contribution in [-0.4, -0.2) is 238 Å². The van der Waals surface area contributed by atoms with Crippen LogP contribution in [0.2, 0.25) is 0 Å².